The molecule has 0 radical (unpaired) electrons. The Labute approximate surface area is 120 Å². The Morgan fingerprint density at radius 2 is 1.95 bits per heavy atom. The fraction of sp³-hybridized carbons (Fsp3) is 0.133. The van der Waals surface area contributed by atoms with Gasteiger partial charge in [0, 0.05) is 12.6 Å². The number of carbonyl (C=O) groups is 1. The van der Waals surface area contributed by atoms with Crippen molar-refractivity contribution in [2.45, 2.75) is 0 Å². The van der Waals surface area contributed by atoms with E-state index in [2.05, 4.69) is 5.32 Å². The average Bonchev–Trinajstić information content (AvgIpc) is 2.46. The normalized spacial score (nSPS) is 10.2. The predicted octanol–water partition coefficient (Wildman–Crippen LogP) is 2.55. The number of ether oxygens (including phenoxy) is 1. The van der Waals surface area contributed by atoms with E-state index in [-0.39, 0.29) is 12.2 Å². The van der Waals surface area contributed by atoms with Gasteiger partial charge in [-0.3, -0.25) is 4.79 Å². The van der Waals surface area contributed by atoms with E-state index >= 15 is 0 Å². The number of halogens is 2. The zero-order valence-corrected chi connectivity index (χ0v) is 11.1. The number of rotatable bonds is 5. The largest absolute Gasteiger partial charge is 0.490 e. The van der Waals surface area contributed by atoms with Crippen molar-refractivity contribution in [2.24, 2.45) is 5.73 Å². The van der Waals surface area contributed by atoms with E-state index in [0.29, 0.717) is 24.0 Å². The molecule has 0 fully saturated rings. The molecule has 0 spiro atoms. The van der Waals surface area contributed by atoms with Crippen LogP contribution in [0.25, 0.3) is 0 Å². The fourth-order valence-electron chi connectivity index (χ4n) is 1.73. The summed E-state index contributed by atoms with van der Waals surface area (Å²) in [5.74, 6) is -1.92. The lowest BCUT2D eigenvalue weighted by molar-refractivity contribution is 0.102. The molecular formula is C15H14F2N2O2. The lowest BCUT2D eigenvalue weighted by Crippen LogP contribution is -2.16. The number of benzene rings is 2. The van der Waals surface area contributed by atoms with Crippen LogP contribution in [0.2, 0.25) is 0 Å². The Kier molecular flexibility index (Phi) is 4.84. The zero-order chi connectivity index (χ0) is 15.2. The molecule has 0 aliphatic heterocycles. The van der Waals surface area contributed by atoms with E-state index in [0.717, 1.165) is 12.1 Å². The Bertz CT molecular complexity index is 647. The van der Waals surface area contributed by atoms with Crippen LogP contribution in [0, 0.1) is 11.6 Å². The molecule has 0 atom stereocenters. The monoisotopic (exact) mass is 292 g/mol. The summed E-state index contributed by atoms with van der Waals surface area (Å²) in [4.78, 5) is 12.0. The smallest absolute Gasteiger partial charge is 0.258 e. The van der Waals surface area contributed by atoms with Crippen molar-refractivity contribution in [2.75, 3.05) is 18.5 Å². The van der Waals surface area contributed by atoms with E-state index in [1.54, 1.807) is 24.3 Å². The first-order valence-corrected chi connectivity index (χ1v) is 6.30. The number of anilines is 1. The van der Waals surface area contributed by atoms with Gasteiger partial charge in [-0.15, -0.1) is 0 Å². The topological polar surface area (TPSA) is 64.3 Å². The third-order valence-corrected chi connectivity index (χ3v) is 2.69. The maximum atomic E-state index is 13.6. The molecule has 2 aromatic rings. The first kappa shape index (κ1) is 14.9. The summed E-state index contributed by atoms with van der Waals surface area (Å²) in [6.45, 7) is 0.618. The number of amides is 1. The number of hydrogen-bond donors (Lipinski definition) is 2. The molecule has 2 aromatic carbocycles. The van der Waals surface area contributed by atoms with Crippen molar-refractivity contribution >= 4 is 11.6 Å². The first-order chi connectivity index (χ1) is 10.1. The van der Waals surface area contributed by atoms with Gasteiger partial charge < -0.3 is 15.8 Å². The lowest BCUT2D eigenvalue weighted by Gasteiger charge is -2.12. The van der Waals surface area contributed by atoms with Crippen LogP contribution >= 0.6 is 0 Å². The van der Waals surface area contributed by atoms with Crippen LogP contribution in [0.15, 0.2) is 42.5 Å². The summed E-state index contributed by atoms with van der Waals surface area (Å²) < 4.78 is 31.8. The van der Waals surface area contributed by atoms with Crippen molar-refractivity contribution in [3.63, 3.8) is 0 Å². The minimum absolute atomic E-state index is 0.245. The highest BCUT2D eigenvalue weighted by Gasteiger charge is 2.14. The summed E-state index contributed by atoms with van der Waals surface area (Å²) in [7, 11) is 0. The van der Waals surface area contributed by atoms with Crippen molar-refractivity contribution in [3.05, 3.63) is 59.7 Å². The minimum Gasteiger partial charge on any atom is -0.490 e. The van der Waals surface area contributed by atoms with Crippen molar-refractivity contribution in [3.8, 4) is 5.75 Å². The van der Waals surface area contributed by atoms with Crippen LogP contribution in [0.4, 0.5) is 14.5 Å². The maximum absolute atomic E-state index is 13.6. The van der Waals surface area contributed by atoms with Gasteiger partial charge in [-0.1, -0.05) is 12.1 Å². The van der Waals surface area contributed by atoms with E-state index in [1.807, 2.05) is 0 Å². The van der Waals surface area contributed by atoms with Crippen LogP contribution < -0.4 is 15.8 Å². The van der Waals surface area contributed by atoms with E-state index in [1.165, 1.54) is 0 Å². The lowest BCUT2D eigenvalue weighted by atomic mass is 10.2. The van der Waals surface area contributed by atoms with Crippen LogP contribution in [-0.2, 0) is 0 Å². The number of para-hydroxylation sites is 2. The van der Waals surface area contributed by atoms with Gasteiger partial charge >= 0.3 is 0 Å². The summed E-state index contributed by atoms with van der Waals surface area (Å²) in [6, 6.07) is 9.48. The second-order valence-corrected chi connectivity index (χ2v) is 4.21. The number of nitrogens with one attached hydrogen (secondary N) is 1. The molecule has 0 heterocycles. The molecule has 110 valence electrons. The Morgan fingerprint density at radius 1 is 1.19 bits per heavy atom. The molecule has 0 unspecified atom stereocenters. The molecule has 3 N–H and O–H groups in total. The molecule has 0 saturated carbocycles. The number of nitrogens with two attached hydrogens (primary N) is 1. The molecule has 6 heteroatoms. The minimum atomic E-state index is -0.923. The molecule has 0 aliphatic carbocycles. The van der Waals surface area contributed by atoms with Crippen LogP contribution in [0.1, 0.15) is 10.4 Å². The predicted molar refractivity (Wildman–Crippen MR) is 75.3 cm³/mol. The molecule has 0 saturated heterocycles. The standard InChI is InChI=1S/C15H14F2N2O2/c16-10-5-6-11(12(17)9-10)15(20)19-13-3-1-2-4-14(13)21-8-7-18/h1-6,9H,7-8,18H2,(H,19,20). The van der Waals surface area contributed by atoms with E-state index in [4.69, 9.17) is 10.5 Å². The van der Waals surface area contributed by atoms with Gasteiger partial charge in [0.1, 0.15) is 24.0 Å². The van der Waals surface area contributed by atoms with Gasteiger partial charge in [0.05, 0.1) is 11.3 Å². The van der Waals surface area contributed by atoms with E-state index < -0.39 is 17.5 Å². The third-order valence-electron chi connectivity index (χ3n) is 2.69. The number of carbonyl (C=O) groups excluding carboxylic acids is 1. The van der Waals surface area contributed by atoms with E-state index in [9.17, 15) is 13.6 Å². The molecular weight excluding hydrogens is 278 g/mol. The Hall–Kier alpha value is -2.47. The molecule has 4 nitrogen and oxygen atoms in total. The summed E-state index contributed by atoms with van der Waals surface area (Å²) >= 11 is 0. The first-order valence-electron chi connectivity index (χ1n) is 6.30. The second kappa shape index (κ2) is 6.81. The van der Waals surface area contributed by atoms with Gasteiger partial charge in [-0.05, 0) is 24.3 Å². The van der Waals surface area contributed by atoms with Crippen LogP contribution in [-0.4, -0.2) is 19.1 Å². The van der Waals surface area contributed by atoms with Gasteiger partial charge in [-0.2, -0.15) is 0 Å². The fourth-order valence-corrected chi connectivity index (χ4v) is 1.73. The molecule has 21 heavy (non-hydrogen) atoms. The summed E-state index contributed by atoms with van der Waals surface area (Å²) in [5.41, 5.74) is 5.50. The van der Waals surface area contributed by atoms with Gasteiger partial charge in [-0.25, -0.2) is 8.78 Å². The van der Waals surface area contributed by atoms with Gasteiger partial charge in [0.25, 0.3) is 5.91 Å². The zero-order valence-electron chi connectivity index (χ0n) is 11.1. The molecule has 0 bridgehead atoms. The third kappa shape index (κ3) is 3.76. The second-order valence-electron chi connectivity index (χ2n) is 4.21. The van der Waals surface area contributed by atoms with Crippen molar-refractivity contribution in [1.82, 2.24) is 0 Å². The van der Waals surface area contributed by atoms with Crippen LogP contribution in [0.3, 0.4) is 0 Å². The number of hydrogen-bond acceptors (Lipinski definition) is 3. The van der Waals surface area contributed by atoms with Crippen molar-refractivity contribution < 1.29 is 18.3 Å². The molecule has 2 rings (SSSR count). The van der Waals surface area contributed by atoms with Crippen molar-refractivity contribution in [1.29, 1.82) is 0 Å². The van der Waals surface area contributed by atoms with Gasteiger partial charge in [0.15, 0.2) is 0 Å². The highest BCUT2D eigenvalue weighted by Crippen LogP contribution is 2.24. The quantitative estimate of drug-likeness (QED) is 0.890. The summed E-state index contributed by atoms with van der Waals surface area (Å²) in [5, 5.41) is 2.53. The molecule has 0 aliphatic rings. The highest BCUT2D eigenvalue weighted by molar-refractivity contribution is 6.05. The molecule has 1 amide bonds. The Morgan fingerprint density at radius 3 is 2.67 bits per heavy atom. The van der Waals surface area contributed by atoms with Crippen LogP contribution in [0.5, 0.6) is 5.75 Å². The maximum Gasteiger partial charge on any atom is 0.258 e. The Balaban J connectivity index is 2.19. The van der Waals surface area contributed by atoms with Gasteiger partial charge in [0.2, 0.25) is 0 Å². The SMILES string of the molecule is NCCOc1ccccc1NC(=O)c1ccc(F)cc1F. The average molecular weight is 292 g/mol. The highest BCUT2D eigenvalue weighted by atomic mass is 19.1. The summed E-state index contributed by atoms with van der Waals surface area (Å²) in [6.07, 6.45) is 0. The molecule has 0 aromatic heterocycles.